The Hall–Kier alpha value is -3.02. The number of hydrogen-bond donors (Lipinski definition) is 1. The van der Waals surface area contributed by atoms with E-state index in [-0.39, 0.29) is 11.9 Å². The zero-order valence-electron chi connectivity index (χ0n) is 17.7. The predicted octanol–water partition coefficient (Wildman–Crippen LogP) is 4.35. The molecule has 0 spiro atoms. The maximum atomic E-state index is 12.4. The number of benzene rings is 2. The van der Waals surface area contributed by atoms with Crippen LogP contribution >= 0.6 is 0 Å². The van der Waals surface area contributed by atoms with Gasteiger partial charge in [-0.25, -0.2) is 4.98 Å². The quantitative estimate of drug-likeness (QED) is 0.646. The van der Waals surface area contributed by atoms with Crippen LogP contribution in [0.3, 0.4) is 0 Å². The number of carbonyl (C=O) groups is 1. The van der Waals surface area contributed by atoms with Crippen LogP contribution in [0.4, 0.5) is 0 Å². The maximum absolute atomic E-state index is 12.4. The van der Waals surface area contributed by atoms with E-state index < -0.39 is 5.41 Å². The van der Waals surface area contributed by atoms with Crippen molar-refractivity contribution in [3.05, 3.63) is 54.4 Å². The fourth-order valence-electron chi connectivity index (χ4n) is 3.06. The molecule has 0 bridgehead atoms. The van der Waals surface area contributed by atoms with Crippen LogP contribution in [-0.4, -0.2) is 29.2 Å². The minimum Gasteiger partial charge on any atom is -0.497 e. The van der Waals surface area contributed by atoms with Crippen molar-refractivity contribution in [2.75, 3.05) is 13.7 Å². The normalized spacial score (nSPS) is 12.6. The van der Waals surface area contributed by atoms with Gasteiger partial charge in [0.15, 0.2) is 0 Å². The molecule has 29 heavy (non-hydrogen) atoms. The number of para-hydroxylation sites is 2. The zero-order valence-corrected chi connectivity index (χ0v) is 17.7. The number of ether oxygens (including phenoxy) is 2. The van der Waals surface area contributed by atoms with Crippen LogP contribution in [0.5, 0.6) is 11.5 Å². The molecule has 0 aliphatic heterocycles. The number of hydrogen-bond acceptors (Lipinski definition) is 4. The van der Waals surface area contributed by atoms with Crippen LogP contribution in [0, 0.1) is 5.41 Å². The first kappa shape index (κ1) is 20.7. The third-order valence-corrected chi connectivity index (χ3v) is 4.74. The van der Waals surface area contributed by atoms with Gasteiger partial charge in [-0.2, -0.15) is 0 Å². The lowest BCUT2D eigenvalue weighted by molar-refractivity contribution is -0.129. The largest absolute Gasteiger partial charge is 0.497 e. The third kappa shape index (κ3) is 4.88. The van der Waals surface area contributed by atoms with Crippen molar-refractivity contribution in [3.63, 3.8) is 0 Å². The standard InChI is InChI=1S/C23H29N3O3/c1-16(24-22(27)23(2,3)4)21-25-19-8-6-7-9-20(19)26(21)14-15-29-18-12-10-17(28-5)11-13-18/h6-13,16H,14-15H2,1-5H3,(H,24,27). The molecule has 0 radical (unpaired) electrons. The first-order valence-corrected chi connectivity index (χ1v) is 9.82. The van der Waals surface area contributed by atoms with Gasteiger partial charge in [0.1, 0.15) is 23.9 Å². The topological polar surface area (TPSA) is 65.4 Å². The van der Waals surface area contributed by atoms with E-state index in [0.29, 0.717) is 13.2 Å². The molecule has 0 saturated carbocycles. The number of nitrogens with one attached hydrogen (secondary N) is 1. The first-order valence-electron chi connectivity index (χ1n) is 9.82. The molecule has 0 saturated heterocycles. The minimum atomic E-state index is -0.456. The molecule has 2 aromatic carbocycles. The van der Waals surface area contributed by atoms with Gasteiger partial charge in [0.2, 0.25) is 5.91 Å². The van der Waals surface area contributed by atoms with Crippen LogP contribution in [0.25, 0.3) is 11.0 Å². The highest BCUT2D eigenvalue weighted by atomic mass is 16.5. The van der Waals surface area contributed by atoms with Crippen LogP contribution in [-0.2, 0) is 11.3 Å². The van der Waals surface area contributed by atoms with Crippen molar-refractivity contribution in [1.29, 1.82) is 0 Å². The fourth-order valence-corrected chi connectivity index (χ4v) is 3.06. The van der Waals surface area contributed by atoms with Crippen molar-refractivity contribution in [2.24, 2.45) is 5.41 Å². The molecule has 0 aliphatic carbocycles. The van der Waals surface area contributed by atoms with Gasteiger partial charge < -0.3 is 19.4 Å². The van der Waals surface area contributed by atoms with Gasteiger partial charge in [-0.1, -0.05) is 32.9 Å². The van der Waals surface area contributed by atoms with Gasteiger partial charge in [0.25, 0.3) is 0 Å². The Morgan fingerprint density at radius 1 is 1.10 bits per heavy atom. The van der Waals surface area contributed by atoms with Crippen LogP contribution in [0.15, 0.2) is 48.5 Å². The van der Waals surface area contributed by atoms with Gasteiger partial charge in [0, 0.05) is 5.41 Å². The summed E-state index contributed by atoms with van der Waals surface area (Å²) in [6.07, 6.45) is 0. The molecule has 1 atom stereocenters. The average Bonchev–Trinajstić information content (AvgIpc) is 3.06. The fraction of sp³-hybridized carbons (Fsp3) is 0.391. The van der Waals surface area contributed by atoms with E-state index in [2.05, 4.69) is 9.88 Å². The Morgan fingerprint density at radius 3 is 2.41 bits per heavy atom. The molecule has 1 amide bonds. The summed E-state index contributed by atoms with van der Waals surface area (Å²) in [6.45, 7) is 8.78. The molecule has 1 aromatic heterocycles. The molecule has 1 heterocycles. The van der Waals surface area contributed by atoms with E-state index in [1.807, 2.05) is 76.2 Å². The number of amides is 1. The van der Waals surface area contributed by atoms with E-state index in [0.717, 1.165) is 28.4 Å². The van der Waals surface area contributed by atoms with Crippen LogP contribution in [0.2, 0.25) is 0 Å². The van der Waals surface area contributed by atoms with Gasteiger partial charge >= 0.3 is 0 Å². The van der Waals surface area contributed by atoms with Gasteiger partial charge in [-0.05, 0) is 43.3 Å². The third-order valence-electron chi connectivity index (χ3n) is 4.74. The molecule has 0 fully saturated rings. The molecule has 154 valence electrons. The summed E-state index contributed by atoms with van der Waals surface area (Å²) in [4.78, 5) is 17.2. The lowest BCUT2D eigenvalue weighted by atomic mass is 9.95. The van der Waals surface area contributed by atoms with E-state index in [4.69, 9.17) is 14.5 Å². The number of aromatic nitrogens is 2. The number of methoxy groups -OCH3 is 1. The molecule has 3 aromatic rings. The van der Waals surface area contributed by atoms with E-state index >= 15 is 0 Å². The Morgan fingerprint density at radius 2 is 1.76 bits per heavy atom. The second-order valence-electron chi connectivity index (χ2n) is 8.08. The monoisotopic (exact) mass is 395 g/mol. The minimum absolute atomic E-state index is 0.00177. The van der Waals surface area contributed by atoms with Crippen LogP contribution in [0.1, 0.15) is 39.6 Å². The lowest BCUT2D eigenvalue weighted by Gasteiger charge is -2.22. The molecule has 0 aliphatic rings. The average molecular weight is 396 g/mol. The smallest absolute Gasteiger partial charge is 0.225 e. The van der Waals surface area contributed by atoms with Crippen molar-refractivity contribution in [1.82, 2.24) is 14.9 Å². The van der Waals surface area contributed by atoms with Crippen LogP contribution < -0.4 is 14.8 Å². The molecule has 1 N–H and O–H groups in total. The summed E-state index contributed by atoms with van der Waals surface area (Å²) < 4.78 is 13.2. The summed E-state index contributed by atoms with van der Waals surface area (Å²) in [5, 5.41) is 3.08. The summed E-state index contributed by atoms with van der Waals surface area (Å²) >= 11 is 0. The molecular weight excluding hydrogens is 366 g/mol. The SMILES string of the molecule is COc1ccc(OCCn2c(C(C)NC(=O)C(C)(C)C)nc3ccccc32)cc1. The summed E-state index contributed by atoms with van der Waals surface area (Å²) in [6, 6.07) is 15.3. The first-order chi connectivity index (χ1) is 13.8. The van der Waals surface area contributed by atoms with Gasteiger partial charge in [0.05, 0.1) is 30.7 Å². The molecule has 3 rings (SSSR count). The second kappa shape index (κ2) is 8.55. The summed E-state index contributed by atoms with van der Waals surface area (Å²) in [7, 11) is 1.64. The maximum Gasteiger partial charge on any atom is 0.225 e. The van der Waals surface area contributed by atoms with Gasteiger partial charge in [-0.3, -0.25) is 4.79 Å². The number of carbonyl (C=O) groups excluding carboxylic acids is 1. The Kier molecular flexibility index (Phi) is 6.11. The highest BCUT2D eigenvalue weighted by molar-refractivity contribution is 5.82. The Labute approximate surface area is 171 Å². The summed E-state index contributed by atoms with van der Waals surface area (Å²) in [5.41, 5.74) is 1.48. The van der Waals surface area contributed by atoms with Crippen molar-refractivity contribution < 1.29 is 14.3 Å². The molecule has 1 unspecified atom stereocenters. The lowest BCUT2D eigenvalue weighted by Crippen LogP contribution is -2.37. The molecule has 6 heteroatoms. The predicted molar refractivity (Wildman–Crippen MR) is 114 cm³/mol. The molecule has 6 nitrogen and oxygen atoms in total. The second-order valence-corrected chi connectivity index (χ2v) is 8.08. The van der Waals surface area contributed by atoms with E-state index in [1.54, 1.807) is 7.11 Å². The van der Waals surface area contributed by atoms with Gasteiger partial charge in [-0.15, -0.1) is 0 Å². The number of imidazole rings is 1. The Balaban J connectivity index is 1.78. The van der Waals surface area contributed by atoms with E-state index in [1.165, 1.54) is 0 Å². The number of fused-ring (bicyclic) bond motifs is 1. The number of nitrogens with zero attached hydrogens (tertiary/aromatic N) is 2. The Bertz CT molecular complexity index is 971. The highest BCUT2D eigenvalue weighted by Crippen LogP contribution is 2.23. The van der Waals surface area contributed by atoms with Crippen molar-refractivity contribution in [2.45, 2.75) is 40.3 Å². The van der Waals surface area contributed by atoms with Crippen molar-refractivity contribution >= 4 is 16.9 Å². The van der Waals surface area contributed by atoms with E-state index in [9.17, 15) is 4.79 Å². The number of rotatable bonds is 7. The van der Waals surface area contributed by atoms with Crippen molar-refractivity contribution in [3.8, 4) is 11.5 Å². The highest BCUT2D eigenvalue weighted by Gasteiger charge is 2.25. The zero-order chi connectivity index (χ0) is 21.0. The summed E-state index contributed by atoms with van der Waals surface area (Å²) in [5.74, 6) is 2.40. The molecular formula is C23H29N3O3.